The molecule has 1 fully saturated rings. The van der Waals surface area contributed by atoms with Gasteiger partial charge in [-0.05, 0) is 25.8 Å². The number of nitrogens with two attached hydrogens (primary N) is 1. The highest BCUT2D eigenvalue weighted by molar-refractivity contribution is 5.07. The Balaban J connectivity index is 2.08. The van der Waals surface area contributed by atoms with Gasteiger partial charge in [-0.15, -0.1) is 0 Å². The minimum absolute atomic E-state index is 0.446. The Labute approximate surface area is 64.8 Å². The van der Waals surface area contributed by atoms with Crippen molar-refractivity contribution in [1.29, 1.82) is 0 Å². The van der Waals surface area contributed by atoms with Gasteiger partial charge in [-0.25, -0.2) is 0 Å². The molecule has 1 aliphatic rings. The Hall–Kier alpha value is -0.900. The first-order valence-corrected chi connectivity index (χ1v) is 3.81. The van der Waals surface area contributed by atoms with E-state index in [2.05, 4.69) is 10.1 Å². The van der Waals surface area contributed by atoms with Crippen LogP contribution in [-0.2, 0) is 0 Å². The topological polar surface area (TPSA) is 64.9 Å². The Bertz CT molecular complexity index is 258. The molecular formula is C7H11N3O. The summed E-state index contributed by atoms with van der Waals surface area (Å²) in [4.78, 5) is 4.14. The molecule has 1 heterocycles. The van der Waals surface area contributed by atoms with Gasteiger partial charge in [-0.2, -0.15) is 4.98 Å². The van der Waals surface area contributed by atoms with Gasteiger partial charge in [-0.3, -0.25) is 0 Å². The summed E-state index contributed by atoms with van der Waals surface area (Å²) < 4.78 is 5.00. The van der Waals surface area contributed by atoms with Crippen LogP contribution in [0.3, 0.4) is 0 Å². The quantitative estimate of drug-likeness (QED) is 0.669. The maximum absolute atomic E-state index is 5.48. The van der Waals surface area contributed by atoms with Crippen molar-refractivity contribution < 1.29 is 4.52 Å². The van der Waals surface area contributed by atoms with Crippen LogP contribution in [0.5, 0.6) is 0 Å². The van der Waals surface area contributed by atoms with E-state index in [0.29, 0.717) is 17.7 Å². The average molecular weight is 153 g/mol. The Morgan fingerprint density at radius 2 is 2.55 bits per heavy atom. The molecule has 11 heavy (non-hydrogen) atoms. The molecule has 0 bridgehead atoms. The van der Waals surface area contributed by atoms with Gasteiger partial charge < -0.3 is 10.3 Å². The summed E-state index contributed by atoms with van der Waals surface area (Å²) in [5, 5.41) is 3.72. The van der Waals surface area contributed by atoms with E-state index in [1.807, 2.05) is 6.92 Å². The van der Waals surface area contributed by atoms with Crippen LogP contribution in [0, 0.1) is 12.8 Å². The SMILES string of the molecule is Cc1noc(C2CC2CN)n1. The van der Waals surface area contributed by atoms with Crippen molar-refractivity contribution in [2.75, 3.05) is 6.54 Å². The van der Waals surface area contributed by atoms with Crippen molar-refractivity contribution >= 4 is 0 Å². The van der Waals surface area contributed by atoms with Gasteiger partial charge in [0, 0.05) is 5.92 Å². The minimum Gasteiger partial charge on any atom is -0.339 e. The molecule has 2 N–H and O–H groups in total. The fraction of sp³-hybridized carbons (Fsp3) is 0.714. The van der Waals surface area contributed by atoms with E-state index >= 15 is 0 Å². The van der Waals surface area contributed by atoms with Crippen molar-refractivity contribution in [3.63, 3.8) is 0 Å². The smallest absolute Gasteiger partial charge is 0.230 e. The van der Waals surface area contributed by atoms with Crippen LogP contribution in [0.4, 0.5) is 0 Å². The second-order valence-corrected chi connectivity index (χ2v) is 3.02. The van der Waals surface area contributed by atoms with Crippen LogP contribution in [0.15, 0.2) is 4.52 Å². The average Bonchev–Trinajstić information content (AvgIpc) is 2.68. The second kappa shape index (κ2) is 2.30. The summed E-state index contributed by atoms with van der Waals surface area (Å²) in [7, 11) is 0. The van der Waals surface area contributed by atoms with Crippen molar-refractivity contribution in [3.8, 4) is 0 Å². The van der Waals surface area contributed by atoms with Crippen LogP contribution in [-0.4, -0.2) is 16.7 Å². The molecule has 0 saturated heterocycles. The number of rotatable bonds is 2. The van der Waals surface area contributed by atoms with Crippen LogP contribution >= 0.6 is 0 Å². The van der Waals surface area contributed by atoms with E-state index in [9.17, 15) is 0 Å². The number of aryl methyl sites for hydroxylation is 1. The van der Waals surface area contributed by atoms with Crippen molar-refractivity contribution in [1.82, 2.24) is 10.1 Å². The number of aromatic nitrogens is 2. The molecule has 1 saturated carbocycles. The molecule has 2 atom stereocenters. The number of hydrogen-bond acceptors (Lipinski definition) is 4. The molecule has 1 aromatic heterocycles. The molecule has 0 amide bonds. The molecule has 0 radical (unpaired) electrons. The van der Waals surface area contributed by atoms with Gasteiger partial charge in [0.2, 0.25) is 5.89 Å². The van der Waals surface area contributed by atoms with Crippen LogP contribution < -0.4 is 5.73 Å². The van der Waals surface area contributed by atoms with Crippen molar-refractivity contribution in [2.45, 2.75) is 19.3 Å². The lowest BCUT2D eigenvalue weighted by atomic mass is 10.3. The highest BCUT2D eigenvalue weighted by Gasteiger charge is 2.41. The lowest BCUT2D eigenvalue weighted by Crippen LogP contribution is -2.01. The monoisotopic (exact) mass is 153 g/mol. The predicted octanol–water partition coefficient (Wildman–Crippen LogP) is 0.440. The summed E-state index contributed by atoms with van der Waals surface area (Å²) in [5.74, 6) is 2.50. The summed E-state index contributed by atoms with van der Waals surface area (Å²) in [6.45, 7) is 2.55. The van der Waals surface area contributed by atoms with Gasteiger partial charge in [0.1, 0.15) is 0 Å². The Kier molecular flexibility index (Phi) is 1.42. The van der Waals surface area contributed by atoms with E-state index < -0.39 is 0 Å². The Morgan fingerprint density at radius 3 is 3.00 bits per heavy atom. The van der Waals surface area contributed by atoms with E-state index in [0.717, 1.165) is 18.9 Å². The third-order valence-electron chi connectivity index (χ3n) is 2.09. The molecule has 0 spiro atoms. The van der Waals surface area contributed by atoms with Crippen molar-refractivity contribution in [2.24, 2.45) is 11.7 Å². The van der Waals surface area contributed by atoms with E-state index in [-0.39, 0.29) is 0 Å². The summed E-state index contributed by atoms with van der Waals surface area (Å²) in [6, 6.07) is 0. The van der Waals surface area contributed by atoms with Gasteiger partial charge in [0.05, 0.1) is 0 Å². The first kappa shape index (κ1) is 6.79. The molecule has 0 aliphatic heterocycles. The summed E-state index contributed by atoms with van der Waals surface area (Å²) >= 11 is 0. The normalized spacial score (nSPS) is 28.9. The highest BCUT2D eigenvalue weighted by atomic mass is 16.5. The fourth-order valence-electron chi connectivity index (χ4n) is 1.27. The second-order valence-electron chi connectivity index (χ2n) is 3.02. The third-order valence-corrected chi connectivity index (χ3v) is 2.09. The van der Waals surface area contributed by atoms with E-state index in [1.54, 1.807) is 0 Å². The largest absolute Gasteiger partial charge is 0.339 e. The Morgan fingerprint density at radius 1 is 1.73 bits per heavy atom. The van der Waals surface area contributed by atoms with Crippen LogP contribution in [0.1, 0.15) is 24.1 Å². The molecule has 2 unspecified atom stereocenters. The number of hydrogen-bond donors (Lipinski definition) is 1. The first-order chi connectivity index (χ1) is 5.31. The number of nitrogens with zero attached hydrogens (tertiary/aromatic N) is 2. The molecular weight excluding hydrogens is 142 g/mol. The van der Waals surface area contributed by atoms with Gasteiger partial charge >= 0.3 is 0 Å². The lowest BCUT2D eigenvalue weighted by molar-refractivity contribution is 0.372. The van der Waals surface area contributed by atoms with Gasteiger partial charge in [0.15, 0.2) is 5.82 Å². The maximum atomic E-state index is 5.48. The summed E-state index contributed by atoms with van der Waals surface area (Å²) in [5.41, 5.74) is 5.48. The zero-order chi connectivity index (χ0) is 7.84. The van der Waals surface area contributed by atoms with Crippen LogP contribution in [0.2, 0.25) is 0 Å². The molecule has 4 heteroatoms. The molecule has 1 aromatic rings. The van der Waals surface area contributed by atoms with Crippen LogP contribution in [0.25, 0.3) is 0 Å². The van der Waals surface area contributed by atoms with Crippen molar-refractivity contribution in [3.05, 3.63) is 11.7 Å². The lowest BCUT2D eigenvalue weighted by Gasteiger charge is -1.86. The van der Waals surface area contributed by atoms with E-state index in [1.165, 1.54) is 0 Å². The molecule has 4 nitrogen and oxygen atoms in total. The minimum atomic E-state index is 0.446. The molecule has 60 valence electrons. The maximum Gasteiger partial charge on any atom is 0.230 e. The fourth-order valence-corrected chi connectivity index (χ4v) is 1.27. The zero-order valence-corrected chi connectivity index (χ0v) is 6.45. The van der Waals surface area contributed by atoms with E-state index in [4.69, 9.17) is 10.3 Å². The zero-order valence-electron chi connectivity index (χ0n) is 6.45. The predicted molar refractivity (Wildman–Crippen MR) is 38.9 cm³/mol. The molecule has 0 aromatic carbocycles. The summed E-state index contributed by atoms with van der Waals surface area (Å²) in [6.07, 6.45) is 1.11. The first-order valence-electron chi connectivity index (χ1n) is 3.81. The molecule has 1 aliphatic carbocycles. The van der Waals surface area contributed by atoms with Gasteiger partial charge in [-0.1, -0.05) is 5.16 Å². The van der Waals surface area contributed by atoms with Gasteiger partial charge in [0.25, 0.3) is 0 Å². The standard InChI is InChI=1S/C7H11N3O/c1-4-9-7(11-10-4)6-2-5(6)3-8/h5-6H,2-3,8H2,1H3. The third kappa shape index (κ3) is 1.14. The molecule has 2 rings (SSSR count). The highest BCUT2D eigenvalue weighted by Crippen LogP contribution is 2.45.